The first-order valence-corrected chi connectivity index (χ1v) is 4.32. The molecule has 1 saturated heterocycles. The highest BCUT2D eigenvalue weighted by Gasteiger charge is 2.35. The summed E-state index contributed by atoms with van der Waals surface area (Å²) in [6, 6.07) is -0.438. The zero-order chi connectivity index (χ0) is 9.84. The Morgan fingerprint density at radius 1 is 1.85 bits per heavy atom. The van der Waals surface area contributed by atoms with E-state index in [-0.39, 0.29) is 18.1 Å². The first kappa shape index (κ1) is 10.2. The summed E-state index contributed by atoms with van der Waals surface area (Å²) in [6.07, 6.45) is 2.32. The third kappa shape index (κ3) is 2.29. The van der Waals surface area contributed by atoms with Crippen LogP contribution in [0.1, 0.15) is 12.8 Å². The minimum Gasteiger partial charge on any atom is -0.468 e. The highest BCUT2D eigenvalue weighted by atomic mass is 16.5. The molecule has 0 radical (unpaired) electrons. The molecule has 1 heterocycles. The lowest BCUT2D eigenvalue weighted by Gasteiger charge is -2.11. The van der Waals surface area contributed by atoms with E-state index in [2.05, 4.69) is 16.6 Å². The molecule has 0 unspecified atom stereocenters. The van der Waals surface area contributed by atoms with Gasteiger partial charge in [0.15, 0.2) is 0 Å². The number of esters is 1. The number of aliphatic hydroxyl groups excluding tert-OH is 1. The van der Waals surface area contributed by atoms with Crippen LogP contribution in [-0.4, -0.2) is 36.4 Å². The number of carbonyl (C=O) groups is 1. The fraction of sp³-hybridized carbons (Fsp3) is 0.667. The van der Waals surface area contributed by atoms with E-state index in [0.29, 0.717) is 12.8 Å². The molecule has 0 aromatic rings. The SMILES string of the molecule is C=CC[C@@H]1N[C@H](C(=O)OC)C[C@H]1O. The Bertz CT molecular complexity index is 205. The van der Waals surface area contributed by atoms with Gasteiger partial charge in [0.2, 0.25) is 0 Å². The topological polar surface area (TPSA) is 58.6 Å². The second kappa shape index (κ2) is 4.39. The van der Waals surface area contributed by atoms with Crippen LogP contribution in [0.5, 0.6) is 0 Å². The molecule has 3 atom stereocenters. The molecule has 1 fully saturated rings. The molecule has 0 aliphatic carbocycles. The molecule has 0 saturated carbocycles. The quantitative estimate of drug-likeness (QED) is 0.473. The van der Waals surface area contributed by atoms with Gasteiger partial charge in [0, 0.05) is 12.5 Å². The highest BCUT2D eigenvalue weighted by Crippen LogP contribution is 2.16. The number of rotatable bonds is 3. The number of methoxy groups -OCH3 is 1. The number of ether oxygens (including phenoxy) is 1. The molecule has 1 rings (SSSR count). The molecule has 4 nitrogen and oxygen atoms in total. The molecule has 13 heavy (non-hydrogen) atoms. The minimum atomic E-state index is -0.484. The van der Waals surface area contributed by atoms with Gasteiger partial charge >= 0.3 is 5.97 Å². The average Bonchev–Trinajstić information content (AvgIpc) is 2.47. The van der Waals surface area contributed by atoms with Gasteiger partial charge in [-0.3, -0.25) is 10.1 Å². The number of nitrogens with one attached hydrogen (secondary N) is 1. The zero-order valence-electron chi connectivity index (χ0n) is 7.69. The van der Waals surface area contributed by atoms with Crippen molar-refractivity contribution in [2.75, 3.05) is 7.11 Å². The summed E-state index contributed by atoms with van der Waals surface area (Å²) >= 11 is 0. The number of hydrogen-bond donors (Lipinski definition) is 2. The summed E-state index contributed by atoms with van der Waals surface area (Å²) in [7, 11) is 1.34. The van der Waals surface area contributed by atoms with E-state index in [0.717, 1.165) is 0 Å². The van der Waals surface area contributed by atoms with Gasteiger partial charge in [-0.05, 0) is 6.42 Å². The largest absolute Gasteiger partial charge is 0.468 e. The molecule has 1 aliphatic rings. The molecule has 0 bridgehead atoms. The zero-order valence-corrected chi connectivity index (χ0v) is 7.69. The van der Waals surface area contributed by atoms with Gasteiger partial charge in [-0.25, -0.2) is 0 Å². The molecule has 0 amide bonds. The first-order valence-electron chi connectivity index (χ1n) is 4.32. The van der Waals surface area contributed by atoms with E-state index in [1.807, 2.05) is 0 Å². The van der Waals surface area contributed by atoms with Crippen LogP contribution >= 0.6 is 0 Å². The molecule has 0 spiro atoms. The van der Waals surface area contributed by atoms with Crippen molar-refractivity contribution in [2.24, 2.45) is 0 Å². The lowest BCUT2D eigenvalue weighted by Crippen LogP contribution is -2.37. The van der Waals surface area contributed by atoms with E-state index < -0.39 is 6.10 Å². The minimum absolute atomic E-state index is 0.0680. The molecule has 4 heteroatoms. The van der Waals surface area contributed by atoms with Crippen molar-refractivity contribution in [3.8, 4) is 0 Å². The molecule has 1 aliphatic heterocycles. The Morgan fingerprint density at radius 2 is 2.54 bits per heavy atom. The summed E-state index contributed by atoms with van der Waals surface area (Å²) in [5, 5.41) is 12.5. The third-order valence-corrected chi connectivity index (χ3v) is 2.26. The first-order chi connectivity index (χ1) is 6.19. The van der Waals surface area contributed by atoms with Crippen molar-refractivity contribution in [1.82, 2.24) is 5.32 Å². The van der Waals surface area contributed by atoms with E-state index in [1.165, 1.54) is 7.11 Å². The van der Waals surface area contributed by atoms with Crippen LogP contribution in [-0.2, 0) is 9.53 Å². The van der Waals surface area contributed by atoms with Crippen LogP contribution in [0.2, 0.25) is 0 Å². The van der Waals surface area contributed by atoms with Gasteiger partial charge in [-0.15, -0.1) is 6.58 Å². The Morgan fingerprint density at radius 3 is 3.08 bits per heavy atom. The van der Waals surface area contributed by atoms with Crippen molar-refractivity contribution in [3.63, 3.8) is 0 Å². The van der Waals surface area contributed by atoms with Gasteiger partial charge in [-0.1, -0.05) is 6.08 Å². The van der Waals surface area contributed by atoms with Crippen molar-refractivity contribution in [1.29, 1.82) is 0 Å². The summed E-state index contributed by atoms with van der Waals surface area (Å²) in [4.78, 5) is 11.1. The van der Waals surface area contributed by atoms with Crippen LogP contribution in [0, 0.1) is 0 Å². The van der Waals surface area contributed by atoms with Crippen LogP contribution in [0.4, 0.5) is 0 Å². The Balaban J connectivity index is 2.49. The second-order valence-electron chi connectivity index (χ2n) is 3.18. The number of hydrogen-bond acceptors (Lipinski definition) is 4. The lowest BCUT2D eigenvalue weighted by atomic mass is 10.1. The second-order valence-corrected chi connectivity index (χ2v) is 3.18. The van der Waals surface area contributed by atoms with Crippen molar-refractivity contribution < 1.29 is 14.6 Å². The molecular formula is C9H15NO3. The van der Waals surface area contributed by atoms with E-state index in [9.17, 15) is 9.90 Å². The monoisotopic (exact) mass is 185 g/mol. The van der Waals surface area contributed by atoms with Crippen molar-refractivity contribution in [2.45, 2.75) is 31.0 Å². The maximum Gasteiger partial charge on any atom is 0.322 e. The summed E-state index contributed by atoms with van der Waals surface area (Å²) < 4.78 is 4.57. The van der Waals surface area contributed by atoms with Crippen molar-refractivity contribution in [3.05, 3.63) is 12.7 Å². The Hall–Kier alpha value is -0.870. The predicted molar refractivity (Wildman–Crippen MR) is 48.2 cm³/mol. The number of aliphatic hydroxyl groups is 1. The van der Waals surface area contributed by atoms with E-state index in [4.69, 9.17) is 0 Å². The lowest BCUT2D eigenvalue weighted by molar-refractivity contribution is -0.142. The standard InChI is InChI=1S/C9H15NO3/c1-3-4-6-8(11)5-7(10-6)9(12)13-2/h3,6-8,10-11H,1,4-5H2,2H3/t6-,7-,8+/m0/s1. The number of carbonyl (C=O) groups excluding carboxylic acids is 1. The summed E-state index contributed by atoms with van der Waals surface area (Å²) in [6.45, 7) is 3.58. The fourth-order valence-corrected chi connectivity index (χ4v) is 1.55. The van der Waals surface area contributed by atoms with Gasteiger partial charge in [0.25, 0.3) is 0 Å². The van der Waals surface area contributed by atoms with Gasteiger partial charge in [0.05, 0.1) is 13.2 Å². The molecule has 2 N–H and O–H groups in total. The van der Waals surface area contributed by atoms with E-state index in [1.54, 1.807) is 6.08 Å². The van der Waals surface area contributed by atoms with Crippen LogP contribution in [0.25, 0.3) is 0 Å². The third-order valence-electron chi connectivity index (χ3n) is 2.26. The Labute approximate surface area is 77.6 Å². The van der Waals surface area contributed by atoms with Gasteiger partial charge < -0.3 is 9.84 Å². The van der Waals surface area contributed by atoms with Gasteiger partial charge in [0.1, 0.15) is 6.04 Å². The normalized spacial score (nSPS) is 32.9. The maximum absolute atomic E-state index is 11.1. The molecule has 0 aromatic carbocycles. The molecular weight excluding hydrogens is 170 g/mol. The van der Waals surface area contributed by atoms with E-state index >= 15 is 0 Å². The average molecular weight is 185 g/mol. The Kier molecular flexibility index (Phi) is 3.45. The fourth-order valence-electron chi connectivity index (χ4n) is 1.55. The highest BCUT2D eigenvalue weighted by molar-refractivity contribution is 5.76. The summed E-state index contributed by atoms with van der Waals surface area (Å²) in [5.41, 5.74) is 0. The van der Waals surface area contributed by atoms with Gasteiger partial charge in [-0.2, -0.15) is 0 Å². The van der Waals surface area contributed by atoms with Crippen molar-refractivity contribution >= 4 is 5.97 Å². The molecule has 74 valence electrons. The molecule has 0 aromatic heterocycles. The van der Waals surface area contributed by atoms with Crippen LogP contribution in [0.15, 0.2) is 12.7 Å². The predicted octanol–water partition coefficient (Wildman–Crippen LogP) is -0.173. The smallest absolute Gasteiger partial charge is 0.322 e. The van der Waals surface area contributed by atoms with Crippen LogP contribution < -0.4 is 5.32 Å². The maximum atomic E-state index is 11.1. The van der Waals surface area contributed by atoms with Crippen LogP contribution in [0.3, 0.4) is 0 Å². The summed E-state index contributed by atoms with van der Waals surface area (Å²) in [5.74, 6) is -0.314.